The molecule has 0 saturated carbocycles. The van der Waals surface area contributed by atoms with Crippen molar-refractivity contribution in [1.29, 1.82) is 0 Å². The van der Waals surface area contributed by atoms with Crippen molar-refractivity contribution in [3.8, 4) is 0 Å². The van der Waals surface area contributed by atoms with Gasteiger partial charge in [-0.1, -0.05) is 27.7 Å². The van der Waals surface area contributed by atoms with Gasteiger partial charge >= 0.3 is 0 Å². The lowest BCUT2D eigenvalue weighted by molar-refractivity contribution is -0.131. The van der Waals surface area contributed by atoms with E-state index in [1.54, 1.807) is 0 Å². The Morgan fingerprint density at radius 3 is 1.70 bits per heavy atom. The predicted molar refractivity (Wildman–Crippen MR) is 77.6 cm³/mol. The van der Waals surface area contributed by atoms with Crippen LogP contribution >= 0.6 is 0 Å². The van der Waals surface area contributed by atoms with E-state index in [1.807, 2.05) is 27.7 Å². The summed E-state index contributed by atoms with van der Waals surface area (Å²) >= 11 is 0. The SMILES string of the molecule is CC(=O)N[C@@H](CC(C)C)C(=O)N[C@@H](CC(C)C)C(N)=O. The number of nitrogens with one attached hydrogen (secondary N) is 2. The molecule has 20 heavy (non-hydrogen) atoms. The molecule has 6 heteroatoms. The molecule has 0 aliphatic carbocycles. The second-order valence-electron chi connectivity index (χ2n) is 5.98. The molecule has 3 amide bonds. The van der Waals surface area contributed by atoms with Crippen molar-refractivity contribution in [3.05, 3.63) is 0 Å². The zero-order valence-electron chi connectivity index (χ0n) is 13.0. The fourth-order valence-corrected chi connectivity index (χ4v) is 1.94. The molecule has 0 aliphatic rings. The molecule has 0 aromatic heterocycles. The number of nitrogens with two attached hydrogens (primary N) is 1. The van der Waals surface area contributed by atoms with Gasteiger partial charge in [-0.25, -0.2) is 0 Å². The van der Waals surface area contributed by atoms with Gasteiger partial charge in [0.15, 0.2) is 0 Å². The van der Waals surface area contributed by atoms with E-state index in [9.17, 15) is 14.4 Å². The minimum Gasteiger partial charge on any atom is -0.368 e. The summed E-state index contributed by atoms with van der Waals surface area (Å²) in [6.07, 6.45) is 0.994. The van der Waals surface area contributed by atoms with E-state index in [0.717, 1.165) is 0 Å². The zero-order valence-corrected chi connectivity index (χ0v) is 13.0. The molecule has 116 valence electrons. The molecular weight excluding hydrogens is 258 g/mol. The van der Waals surface area contributed by atoms with Crippen LogP contribution in [0, 0.1) is 11.8 Å². The lowest BCUT2D eigenvalue weighted by Crippen LogP contribution is -2.53. The fraction of sp³-hybridized carbons (Fsp3) is 0.786. The van der Waals surface area contributed by atoms with Gasteiger partial charge in [-0.05, 0) is 24.7 Å². The third-order valence-electron chi connectivity index (χ3n) is 2.77. The number of rotatable bonds is 8. The molecule has 0 aliphatic heterocycles. The lowest BCUT2D eigenvalue weighted by Gasteiger charge is -2.23. The summed E-state index contributed by atoms with van der Waals surface area (Å²) in [6.45, 7) is 9.17. The van der Waals surface area contributed by atoms with E-state index < -0.39 is 18.0 Å². The molecule has 0 bridgehead atoms. The van der Waals surface area contributed by atoms with Crippen molar-refractivity contribution < 1.29 is 14.4 Å². The van der Waals surface area contributed by atoms with Crippen LogP contribution in [0.4, 0.5) is 0 Å². The summed E-state index contributed by atoms with van der Waals surface area (Å²) in [7, 11) is 0. The Bertz CT molecular complexity index is 354. The van der Waals surface area contributed by atoms with E-state index in [-0.39, 0.29) is 23.7 Å². The third-order valence-corrected chi connectivity index (χ3v) is 2.77. The first kappa shape index (κ1) is 18.4. The highest BCUT2D eigenvalue weighted by molar-refractivity contribution is 5.91. The number of amides is 3. The first-order chi connectivity index (χ1) is 9.13. The molecule has 0 radical (unpaired) electrons. The summed E-state index contributed by atoms with van der Waals surface area (Å²) in [4.78, 5) is 34.7. The van der Waals surface area contributed by atoms with Gasteiger partial charge in [-0.15, -0.1) is 0 Å². The number of carbonyl (C=O) groups excluding carboxylic acids is 3. The van der Waals surface area contributed by atoms with Crippen LogP contribution in [0.2, 0.25) is 0 Å². The average molecular weight is 285 g/mol. The van der Waals surface area contributed by atoms with Gasteiger partial charge in [0.25, 0.3) is 0 Å². The van der Waals surface area contributed by atoms with E-state index in [0.29, 0.717) is 12.8 Å². The smallest absolute Gasteiger partial charge is 0.243 e. The minimum atomic E-state index is -0.703. The highest BCUT2D eigenvalue weighted by Gasteiger charge is 2.25. The van der Waals surface area contributed by atoms with Crippen LogP contribution in [0.3, 0.4) is 0 Å². The van der Waals surface area contributed by atoms with Gasteiger partial charge in [0.1, 0.15) is 12.1 Å². The van der Waals surface area contributed by atoms with Crippen molar-refractivity contribution in [2.75, 3.05) is 0 Å². The normalized spacial score (nSPS) is 13.9. The molecular formula is C14H27N3O3. The van der Waals surface area contributed by atoms with Gasteiger partial charge in [0, 0.05) is 6.92 Å². The standard InChI is InChI=1S/C14H27N3O3/c1-8(2)6-11(13(15)19)17-14(20)12(7-9(3)4)16-10(5)18/h8-9,11-12H,6-7H2,1-5H3,(H2,15,19)(H,16,18)(H,17,20)/t11-,12-/m0/s1. The van der Waals surface area contributed by atoms with Gasteiger partial charge in [0.05, 0.1) is 0 Å². The Hall–Kier alpha value is -1.59. The van der Waals surface area contributed by atoms with Crippen LogP contribution in [0.25, 0.3) is 0 Å². The largest absolute Gasteiger partial charge is 0.368 e. The topological polar surface area (TPSA) is 101 Å². The second kappa shape index (κ2) is 8.55. The average Bonchev–Trinajstić information content (AvgIpc) is 2.24. The van der Waals surface area contributed by atoms with Crippen molar-refractivity contribution in [1.82, 2.24) is 10.6 Å². The van der Waals surface area contributed by atoms with Crippen molar-refractivity contribution in [2.24, 2.45) is 17.6 Å². The van der Waals surface area contributed by atoms with Crippen LogP contribution in [0.5, 0.6) is 0 Å². The third kappa shape index (κ3) is 7.76. The molecule has 0 spiro atoms. The summed E-state index contributed by atoms with van der Waals surface area (Å²) in [5.41, 5.74) is 5.29. The summed E-state index contributed by atoms with van der Waals surface area (Å²) in [5, 5.41) is 5.24. The van der Waals surface area contributed by atoms with E-state index in [1.165, 1.54) is 6.92 Å². The van der Waals surface area contributed by atoms with Crippen LogP contribution in [-0.2, 0) is 14.4 Å². The molecule has 0 fully saturated rings. The zero-order chi connectivity index (χ0) is 15.9. The molecule has 0 rings (SSSR count). The summed E-state index contributed by atoms with van der Waals surface area (Å²) in [5.74, 6) is -0.714. The molecule has 0 saturated heterocycles. The highest BCUT2D eigenvalue weighted by Crippen LogP contribution is 2.08. The molecule has 6 nitrogen and oxygen atoms in total. The predicted octanol–water partition coefficient (Wildman–Crippen LogP) is 0.553. The Balaban J connectivity index is 4.77. The maximum absolute atomic E-state index is 12.2. The number of hydrogen-bond donors (Lipinski definition) is 3. The molecule has 2 atom stereocenters. The fourth-order valence-electron chi connectivity index (χ4n) is 1.94. The lowest BCUT2D eigenvalue weighted by atomic mass is 10.0. The summed E-state index contributed by atoms with van der Waals surface area (Å²) in [6, 6.07) is -1.34. The van der Waals surface area contributed by atoms with E-state index in [4.69, 9.17) is 5.73 Å². The van der Waals surface area contributed by atoms with Crippen molar-refractivity contribution in [3.63, 3.8) is 0 Å². The van der Waals surface area contributed by atoms with Crippen molar-refractivity contribution >= 4 is 17.7 Å². The maximum atomic E-state index is 12.2. The van der Waals surface area contributed by atoms with Crippen molar-refractivity contribution in [2.45, 2.75) is 59.5 Å². The highest BCUT2D eigenvalue weighted by atomic mass is 16.2. The van der Waals surface area contributed by atoms with Gasteiger partial charge in [0.2, 0.25) is 17.7 Å². The molecule has 0 unspecified atom stereocenters. The molecule has 4 N–H and O–H groups in total. The Labute approximate surface area is 120 Å². The molecule has 0 heterocycles. The Morgan fingerprint density at radius 2 is 1.35 bits per heavy atom. The van der Waals surface area contributed by atoms with E-state index in [2.05, 4.69) is 10.6 Å². The van der Waals surface area contributed by atoms with Gasteiger partial charge in [-0.3, -0.25) is 14.4 Å². The first-order valence-electron chi connectivity index (χ1n) is 7.00. The Kier molecular flexibility index (Phi) is 7.87. The van der Waals surface area contributed by atoms with E-state index >= 15 is 0 Å². The molecule has 0 aromatic rings. The van der Waals surface area contributed by atoms with Crippen LogP contribution in [0.15, 0.2) is 0 Å². The van der Waals surface area contributed by atoms with Gasteiger partial charge in [-0.2, -0.15) is 0 Å². The van der Waals surface area contributed by atoms with Crippen LogP contribution in [0.1, 0.15) is 47.5 Å². The quantitative estimate of drug-likeness (QED) is 0.607. The molecule has 0 aromatic carbocycles. The van der Waals surface area contributed by atoms with Crippen LogP contribution < -0.4 is 16.4 Å². The number of hydrogen-bond acceptors (Lipinski definition) is 3. The van der Waals surface area contributed by atoms with Gasteiger partial charge < -0.3 is 16.4 Å². The monoisotopic (exact) mass is 285 g/mol. The summed E-state index contributed by atoms with van der Waals surface area (Å²) < 4.78 is 0. The van der Waals surface area contributed by atoms with Crippen LogP contribution in [-0.4, -0.2) is 29.8 Å². The maximum Gasteiger partial charge on any atom is 0.243 e. The Morgan fingerprint density at radius 1 is 0.900 bits per heavy atom. The second-order valence-corrected chi connectivity index (χ2v) is 5.98. The number of carbonyl (C=O) groups is 3. The minimum absolute atomic E-state index is 0.233. The number of primary amides is 1. The first-order valence-corrected chi connectivity index (χ1v) is 7.00.